The van der Waals surface area contributed by atoms with Crippen molar-refractivity contribution in [2.75, 3.05) is 18.0 Å². The second-order valence-electron chi connectivity index (χ2n) is 6.02. The number of nitrogens with one attached hydrogen (secondary N) is 1. The predicted octanol–water partition coefficient (Wildman–Crippen LogP) is 2.48. The Kier molecular flexibility index (Phi) is 4.91. The first-order chi connectivity index (χ1) is 11.1. The van der Waals surface area contributed by atoms with Gasteiger partial charge in [-0.25, -0.2) is 9.97 Å². The van der Waals surface area contributed by atoms with Gasteiger partial charge in [0.25, 0.3) is 0 Å². The lowest BCUT2D eigenvalue weighted by molar-refractivity contribution is -0.121. The Bertz CT molecular complexity index is 685. The molecule has 0 aliphatic carbocycles. The highest BCUT2D eigenvalue weighted by atomic mass is 32.1. The molecule has 1 amide bonds. The SMILES string of the molecule is Cc1cccc(N2CCC[C@@H](NC(=O)Cc3csc(C)n3)C2)n1. The smallest absolute Gasteiger partial charge is 0.226 e. The maximum atomic E-state index is 12.2. The highest BCUT2D eigenvalue weighted by Crippen LogP contribution is 2.18. The van der Waals surface area contributed by atoms with Gasteiger partial charge in [-0.15, -0.1) is 11.3 Å². The first kappa shape index (κ1) is 15.9. The van der Waals surface area contributed by atoms with Gasteiger partial charge in [0.1, 0.15) is 5.82 Å². The quantitative estimate of drug-likeness (QED) is 0.936. The summed E-state index contributed by atoms with van der Waals surface area (Å²) in [5.74, 6) is 1.05. The van der Waals surface area contributed by atoms with Gasteiger partial charge < -0.3 is 10.2 Å². The molecule has 1 aliphatic rings. The third-order valence-electron chi connectivity index (χ3n) is 3.99. The summed E-state index contributed by atoms with van der Waals surface area (Å²) in [6.07, 6.45) is 2.45. The molecule has 2 aromatic heterocycles. The standard InChI is InChI=1S/C17H22N4OS/c1-12-5-3-7-16(18-12)21-8-4-6-14(10-21)20-17(22)9-15-11-23-13(2)19-15/h3,5,7,11,14H,4,6,8-10H2,1-2H3,(H,20,22)/t14-/m1/s1. The Labute approximate surface area is 140 Å². The minimum absolute atomic E-state index is 0.0550. The van der Waals surface area contributed by atoms with Crippen LogP contribution in [-0.2, 0) is 11.2 Å². The molecule has 1 fully saturated rings. The van der Waals surface area contributed by atoms with Gasteiger partial charge >= 0.3 is 0 Å². The largest absolute Gasteiger partial charge is 0.355 e. The Morgan fingerprint density at radius 3 is 3.00 bits per heavy atom. The molecular formula is C17H22N4OS. The molecule has 3 rings (SSSR count). The van der Waals surface area contributed by atoms with Crippen LogP contribution in [0.2, 0.25) is 0 Å². The van der Waals surface area contributed by atoms with E-state index in [9.17, 15) is 4.79 Å². The molecule has 0 aromatic carbocycles. The molecule has 0 saturated carbocycles. The minimum Gasteiger partial charge on any atom is -0.355 e. The van der Waals surface area contributed by atoms with Gasteiger partial charge in [0.2, 0.25) is 5.91 Å². The highest BCUT2D eigenvalue weighted by Gasteiger charge is 2.22. The van der Waals surface area contributed by atoms with Crippen LogP contribution in [0, 0.1) is 13.8 Å². The monoisotopic (exact) mass is 330 g/mol. The van der Waals surface area contributed by atoms with Crippen LogP contribution in [0.15, 0.2) is 23.6 Å². The van der Waals surface area contributed by atoms with E-state index in [1.165, 1.54) is 0 Å². The number of nitrogens with zero attached hydrogens (tertiary/aromatic N) is 3. The Morgan fingerprint density at radius 2 is 2.26 bits per heavy atom. The molecule has 5 nitrogen and oxygen atoms in total. The topological polar surface area (TPSA) is 58.1 Å². The third-order valence-corrected chi connectivity index (χ3v) is 4.81. The number of rotatable bonds is 4. The Hall–Kier alpha value is -1.95. The molecule has 122 valence electrons. The molecule has 0 radical (unpaired) electrons. The molecule has 6 heteroatoms. The van der Waals surface area contributed by atoms with Crippen LogP contribution in [0.1, 0.15) is 29.2 Å². The number of piperidine rings is 1. The van der Waals surface area contributed by atoms with Crippen molar-refractivity contribution >= 4 is 23.1 Å². The van der Waals surface area contributed by atoms with E-state index in [4.69, 9.17) is 0 Å². The summed E-state index contributed by atoms with van der Waals surface area (Å²) in [4.78, 5) is 23.4. The first-order valence-electron chi connectivity index (χ1n) is 7.99. The summed E-state index contributed by atoms with van der Waals surface area (Å²) >= 11 is 1.58. The maximum Gasteiger partial charge on any atom is 0.226 e. The van der Waals surface area contributed by atoms with Crippen molar-refractivity contribution < 1.29 is 4.79 Å². The Morgan fingerprint density at radius 1 is 1.39 bits per heavy atom. The number of aromatic nitrogens is 2. The molecule has 1 N–H and O–H groups in total. The molecule has 0 spiro atoms. The van der Waals surface area contributed by atoms with Gasteiger partial charge in [-0.2, -0.15) is 0 Å². The number of hydrogen-bond acceptors (Lipinski definition) is 5. The lowest BCUT2D eigenvalue weighted by Crippen LogP contribution is -2.48. The molecule has 2 aromatic rings. The number of carbonyl (C=O) groups excluding carboxylic acids is 1. The molecule has 1 saturated heterocycles. The zero-order valence-electron chi connectivity index (χ0n) is 13.6. The predicted molar refractivity (Wildman–Crippen MR) is 92.9 cm³/mol. The number of anilines is 1. The van der Waals surface area contributed by atoms with E-state index in [2.05, 4.69) is 20.2 Å². The van der Waals surface area contributed by atoms with Crippen molar-refractivity contribution in [1.29, 1.82) is 0 Å². The molecule has 1 atom stereocenters. The van der Waals surface area contributed by atoms with Crippen molar-refractivity contribution in [3.63, 3.8) is 0 Å². The normalized spacial score (nSPS) is 18.0. The summed E-state index contributed by atoms with van der Waals surface area (Å²) in [6.45, 7) is 5.77. The zero-order chi connectivity index (χ0) is 16.2. The van der Waals surface area contributed by atoms with Crippen LogP contribution < -0.4 is 10.2 Å². The van der Waals surface area contributed by atoms with E-state index in [-0.39, 0.29) is 11.9 Å². The second-order valence-corrected chi connectivity index (χ2v) is 7.09. The highest BCUT2D eigenvalue weighted by molar-refractivity contribution is 7.09. The zero-order valence-corrected chi connectivity index (χ0v) is 14.4. The van der Waals surface area contributed by atoms with Gasteiger partial charge in [-0.3, -0.25) is 4.79 Å². The van der Waals surface area contributed by atoms with Crippen LogP contribution >= 0.6 is 11.3 Å². The van der Waals surface area contributed by atoms with E-state index in [1.54, 1.807) is 11.3 Å². The number of thiazole rings is 1. The minimum atomic E-state index is 0.0550. The lowest BCUT2D eigenvalue weighted by Gasteiger charge is -2.34. The van der Waals surface area contributed by atoms with E-state index in [1.807, 2.05) is 37.4 Å². The average Bonchev–Trinajstić information content (AvgIpc) is 2.92. The van der Waals surface area contributed by atoms with Crippen molar-refractivity contribution in [3.05, 3.63) is 40.0 Å². The molecule has 0 unspecified atom stereocenters. The van der Waals surface area contributed by atoms with Gasteiger partial charge in [-0.05, 0) is 38.8 Å². The summed E-state index contributed by atoms with van der Waals surface area (Å²) in [5.41, 5.74) is 1.88. The van der Waals surface area contributed by atoms with Crippen molar-refractivity contribution in [3.8, 4) is 0 Å². The molecule has 23 heavy (non-hydrogen) atoms. The van der Waals surface area contributed by atoms with Crippen molar-refractivity contribution in [2.45, 2.75) is 39.2 Å². The fraction of sp³-hybridized carbons (Fsp3) is 0.471. The summed E-state index contributed by atoms with van der Waals surface area (Å²) < 4.78 is 0. The first-order valence-corrected chi connectivity index (χ1v) is 8.87. The number of hydrogen-bond donors (Lipinski definition) is 1. The fourth-order valence-corrected chi connectivity index (χ4v) is 3.55. The molecule has 0 bridgehead atoms. The average molecular weight is 330 g/mol. The van der Waals surface area contributed by atoms with E-state index in [0.717, 1.165) is 48.1 Å². The van der Waals surface area contributed by atoms with Crippen LogP contribution in [-0.4, -0.2) is 35.0 Å². The molecular weight excluding hydrogens is 308 g/mol. The molecule has 1 aliphatic heterocycles. The van der Waals surface area contributed by atoms with Gasteiger partial charge in [0.05, 0.1) is 17.1 Å². The van der Waals surface area contributed by atoms with Crippen LogP contribution in [0.3, 0.4) is 0 Å². The van der Waals surface area contributed by atoms with Gasteiger partial charge in [0.15, 0.2) is 0 Å². The van der Waals surface area contributed by atoms with Crippen LogP contribution in [0.25, 0.3) is 0 Å². The number of amides is 1. The number of carbonyl (C=O) groups is 1. The van der Waals surface area contributed by atoms with Gasteiger partial charge in [-0.1, -0.05) is 6.07 Å². The van der Waals surface area contributed by atoms with E-state index < -0.39 is 0 Å². The fourth-order valence-electron chi connectivity index (χ4n) is 2.94. The summed E-state index contributed by atoms with van der Waals surface area (Å²) in [5, 5.41) is 6.11. The van der Waals surface area contributed by atoms with E-state index in [0.29, 0.717) is 6.42 Å². The van der Waals surface area contributed by atoms with Crippen LogP contribution in [0.5, 0.6) is 0 Å². The van der Waals surface area contributed by atoms with Crippen LogP contribution in [0.4, 0.5) is 5.82 Å². The third kappa shape index (κ3) is 4.28. The van der Waals surface area contributed by atoms with E-state index >= 15 is 0 Å². The summed E-state index contributed by atoms with van der Waals surface area (Å²) in [7, 11) is 0. The van der Waals surface area contributed by atoms with Crippen molar-refractivity contribution in [2.24, 2.45) is 0 Å². The number of aryl methyl sites for hydroxylation is 2. The van der Waals surface area contributed by atoms with Crippen molar-refractivity contribution in [1.82, 2.24) is 15.3 Å². The number of pyridine rings is 1. The summed E-state index contributed by atoms with van der Waals surface area (Å²) in [6, 6.07) is 6.25. The van der Waals surface area contributed by atoms with Gasteiger partial charge in [0, 0.05) is 30.2 Å². The molecule has 3 heterocycles. The maximum absolute atomic E-state index is 12.2. The lowest BCUT2D eigenvalue weighted by atomic mass is 10.1. The Balaban J connectivity index is 1.57. The second kappa shape index (κ2) is 7.08.